The molecule has 98 valence electrons. The van der Waals surface area contributed by atoms with Gasteiger partial charge in [-0.25, -0.2) is 0 Å². The van der Waals surface area contributed by atoms with Crippen LogP contribution in [-0.2, 0) is 4.74 Å². The maximum atomic E-state index is 11.8. The smallest absolute Gasteiger partial charge is 0.161 e. The van der Waals surface area contributed by atoms with Crippen molar-refractivity contribution < 1.29 is 9.53 Å². The molecule has 1 fully saturated rings. The molecule has 0 aromatic heterocycles. The number of halogens is 1. The Labute approximate surface area is 116 Å². The third-order valence-electron chi connectivity index (χ3n) is 3.27. The van der Waals surface area contributed by atoms with E-state index in [-0.39, 0.29) is 11.3 Å². The summed E-state index contributed by atoms with van der Waals surface area (Å²) in [5, 5.41) is 0. The highest BCUT2D eigenvalue weighted by atomic mass is 79.9. The van der Waals surface area contributed by atoms with E-state index in [9.17, 15) is 4.79 Å². The van der Waals surface area contributed by atoms with Crippen molar-refractivity contribution in [3.05, 3.63) is 28.2 Å². The fourth-order valence-electron chi connectivity index (χ4n) is 2.33. The molecule has 0 spiro atoms. The Balaban J connectivity index is 2.46. The summed E-state index contributed by atoms with van der Waals surface area (Å²) < 4.78 is 6.46. The molecule has 1 aliphatic rings. The molecular formula is C14H18BrNO2. The molecule has 0 bridgehead atoms. The predicted molar refractivity (Wildman–Crippen MR) is 76.4 cm³/mol. The van der Waals surface area contributed by atoms with Crippen LogP contribution in [0.2, 0.25) is 0 Å². The highest BCUT2D eigenvalue weighted by Gasteiger charge is 2.32. The number of hydrogen-bond donors (Lipinski definition) is 0. The third kappa shape index (κ3) is 2.59. The van der Waals surface area contributed by atoms with Gasteiger partial charge in [0.25, 0.3) is 0 Å². The highest BCUT2D eigenvalue weighted by molar-refractivity contribution is 9.10. The van der Waals surface area contributed by atoms with Crippen molar-refractivity contribution in [1.82, 2.24) is 0 Å². The Hall–Kier alpha value is -0.870. The van der Waals surface area contributed by atoms with Gasteiger partial charge in [-0.1, -0.05) is 15.9 Å². The molecule has 0 radical (unpaired) electrons. The first-order chi connectivity index (χ1) is 8.42. The van der Waals surface area contributed by atoms with Crippen LogP contribution in [0.5, 0.6) is 0 Å². The standard InChI is InChI=1S/C14H18BrNO2/c1-10(17)12-8-11(15)4-5-13(12)16-6-7-18-9-14(16,2)3/h4-5,8H,6-7,9H2,1-3H3. The Morgan fingerprint density at radius 3 is 2.78 bits per heavy atom. The summed E-state index contributed by atoms with van der Waals surface area (Å²) in [5.41, 5.74) is 1.68. The maximum Gasteiger partial charge on any atom is 0.161 e. The van der Waals surface area contributed by atoms with E-state index in [1.807, 2.05) is 18.2 Å². The van der Waals surface area contributed by atoms with Crippen molar-refractivity contribution in [3.63, 3.8) is 0 Å². The summed E-state index contributed by atoms with van der Waals surface area (Å²) >= 11 is 3.42. The van der Waals surface area contributed by atoms with Crippen molar-refractivity contribution in [2.24, 2.45) is 0 Å². The van der Waals surface area contributed by atoms with Crippen molar-refractivity contribution in [1.29, 1.82) is 0 Å². The van der Waals surface area contributed by atoms with Gasteiger partial charge in [0.15, 0.2) is 5.78 Å². The van der Waals surface area contributed by atoms with E-state index >= 15 is 0 Å². The second-order valence-electron chi connectivity index (χ2n) is 5.23. The van der Waals surface area contributed by atoms with Gasteiger partial charge in [-0.15, -0.1) is 0 Å². The van der Waals surface area contributed by atoms with Gasteiger partial charge in [-0.05, 0) is 39.0 Å². The minimum absolute atomic E-state index is 0.0870. The SMILES string of the molecule is CC(=O)c1cc(Br)ccc1N1CCOCC1(C)C. The van der Waals surface area contributed by atoms with Crippen LogP contribution in [0.1, 0.15) is 31.1 Å². The van der Waals surface area contributed by atoms with Gasteiger partial charge in [0, 0.05) is 22.3 Å². The van der Waals surface area contributed by atoms with E-state index in [2.05, 4.69) is 34.7 Å². The molecule has 1 saturated heterocycles. The third-order valence-corrected chi connectivity index (χ3v) is 3.77. The van der Waals surface area contributed by atoms with Crippen LogP contribution in [0, 0.1) is 0 Å². The van der Waals surface area contributed by atoms with Crippen LogP contribution in [-0.4, -0.2) is 31.1 Å². The first kappa shape index (κ1) is 13.6. The van der Waals surface area contributed by atoms with Gasteiger partial charge in [-0.3, -0.25) is 4.79 Å². The molecule has 1 aromatic rings. The molecule has 0 unspecified atom stereocenters. The normalized spacial score (nSPS) is 18.8. The molecule has 18 heavy (non-hydrogen) atoms. The number of carbonyl (C=O) groups is 1. The van der Waals surface area contributed by atoms with Crippen LogP contribution >= 0.6 is 15.9 Å². The van der Waals surface area contributed by atoms with Crippen molar-refractivity contribution in [2.75, 3.05) is 24.7 Å². The summed E-state index contributed by atoms with van der Waals surface area (Å²) in [6.07, 6.45) is 0. The van der Waals surface area contributed by atoms with Crippen molar-refractivity contribution in [3.8, 4) is 0 Å². The molecule has 0 aliphatic carbocycles. The average Bonchev–Trinajstić information content (AvgIpc) is 2.29. The van der Waals surface area contributed by atoms with Crippen LogP contribution in [0.15, 0.2) is 22.7 Å². The largest absolute Gasteiger partial charge is 0.377 e. The van der Waals surface area contributed by atoms with Gasteiger partial charge in [-0.2, -0.15) is 0 Å². The molecule has 3 nitrogen and oxygen atoms in total. The first-order valence-electron chi connectivity index (χ1n) is 6.08. The zero-order valence-corrected chi connectivity index (χ0v) is 12.6. The molecule has 0 saturated carbocycles. The average molecular weight is 312 g/mol. The zero-order valence-electron chi connectivity index (χ0n) is 11.0. The summed E-state index contributed by atoms with van der Waals surface area (Å²) in [6, 6.07) is 5.88. The second kappa shape index (κ2) is 5.02. The molecule has 4 heteroatoms. The number of ether oxygens (including phenoxy) is 1. The van der Waals surface area contributed by atoms with Crippen LogP contribution in [0.3, 0.4) is 0 Å². The monoisotopic (exact) mass is 311 g/mol. The molecule has 0 amide bonds. The first-order valence-corrected chi connectivity index (χ1v) is 6.87. The number of nitrogens with zero attached hydrogens (tertiary/aromatic N) is 1. The Bertz CT molecular complexity index is 471. The molecule has 1 heterocycles. The molecule has 1 aliphatic heterocycles. The number of Topliss-reactive ketones (excluding diaryl/α,β-unsaturated/α-hetero) is 1. The number of carbonyl (C=O) groups excluding carboxylic acids is 1. The second-order valence-corrected chi connectivity index (χ2v) is 6.15. The Morgan fingerprint density at radius 1 is 1.44 bits per heavy atom. The van der Waals surface area contributed by atoms with Crippen LogP contribution in [0.25, 0.3) is 0 Å². The fourth-order valence-corrected chi connectivity index (χ4v) is 2.69. The van der Waals surface area contributed by atoms with Crippen LogP contribution < -0.4 is 4.90 Å². The lowest BCUT2D eigenvalue weighted by Gasteiger charge is -2.44. The van der Waals surface area contributed by atoms with E-state index in [0.29, 0.717) is 13.2 Å². The summed E-state index contributed by atoms with van der Waals surface area (Å²) in [5.74, 6) is 0.0913. The highest BCUT2D eigenvalue weighted by Crippen LogP contribution is 2.31. The number of morpholine rings is 1. The lowest BCUT2D eigenvalue weighted by molar-refractivity contribution is 0.0642. The lowest BCUT2D eigenvalue weighted by Crippen LogP contribution is -2.53. The maximum absolute atomic E-state index is 11.8. The van der Waals surface area contributed by atoms with Gasteiger partial charge < -0.3 is 9.64 Å². The summed E-state index contributed by atoms with van der Waals surface area (Å²) in [4.78, 5) is 14.1. The van der Waals surface area contributed by atoms with E-state index in [1.165, 1.54) is 0 Å². The van der Waals surface area contributed by atoms with Gasteiger partial charge in [0.2, 0.25) is 0 Å². The zero-order chi connectivity index (χ0) is 13.3. The van der Waals surface area contributed by atoms with E-state index in [1.54, 1.807) is 6.92 Å². The minimum atomic E-state index is -0.0870. The molecular weight excluding hydrogens is 294 g/mol. The molecule has 0 N–H and O–H groups in total. The Kier molecular flexibility index (Phi) is 3.78. The number of anilines is 1. The summed E-state index contributed by atoms with van der Waals surface area (Å²) in [7, 11) is 0. The van der Waals surface area contributed by atoms with Crippen LogP contribution in [0.4, 0.5) is 5.69 Å². The van der Waals surface area contributed by atoms with Gasteiger partial charge in [0.05, 0.1) is 18.8 Å². The summed E-state index contributed by atoms with van der Waals surface area (Å²) in [6.45, 7) is 8.08. The van der Waals surface area contributed by atoms with E-state index in [4.69, 9.17) is 4.74 Å². The molecule has 1 aromatic carbocycles. The van der Waals surface area contributed by atoms with Gasteiger partial charge in [0.1, 0.15) is 0 Å². The lowest BCUT2D eigenvalue weighted by atomic mass is 9.98. The van der Waals surface area contributed by atoms with E-state index in [0.717, 1.165) is 22.3 Å². The fraction of sp³-hybridized carbons (Fsp3) is 0.500. The number of benzene rings is 1. The quantitative estimate of drug-likeness (QED) is 0.785. The molecule has 0 atom stereocenters. The minimum Gasteiger partial charge on any atom is -0.377 e. The number of ketones is 1. The van der Waals surface area contributed by atoms with E-state index < -0.39 is 0 Å². The topological polar surface area (TPSA) is 29.5 Å². The van der Waals surface area contributed by atoms with Gasteiger partial charge >= 0.3 is 0 Å². The van der Waals surface area contributed by atoms with Crippen molar-refractivity contribution >= 4 is 27.4 Å². The Morgan fingerprint density at radius 2 is 2.17 bits per heavy atom. The number of rotatable bonds is 2. The predicted octanol–water partition coefficient (Wildman–Crippen LogP) is 3.27. The molecule has 2 rings (SSSR count). The van der Waals surface area contributed by atoms with Crippen molar-refractivity contribution in [2.45, 2.75) is 26.3 Å². The number of hydrogen-bond acceptors (Lipinski definition) is 3.